The van der Waals surface area contributed by atoms with Crippen LogP contribution in [0.1, 0.15) is 34.1 Å². The van der Waals surface area contributed by atoms with Gasteiger partial charge in [-0.3, -0.25) is 9.78 Å². The summed E-state index contributed by atoms with van der Waals surface area (Å²) < 4.78 is 39.4. The average Bonchev–Trinajstić information content (AvgIpc) is 2.84. The van der Waals surface area contributed by atoms with Crippen molar-refractivity contribution in [3.05, 3.63) is 83.7 Å². The monoisotopic (exact) mass is 467 g/mol. The second-order valence-electron chi connectivity index (χ2n) is 7.54. The van der Waals surface area contributed by atoms with Crippen LogP contribution in [0.5, 0.6) is 11.5 Å². The summed E-state index contributed by atoms with van der Waals surface area (Å²) in [6.45, 7) is 0.655. The van der Waals surface area contributed by atoms with Gasteiger partial charge in [-0.05, 0) is 36.4 Å². The molecule has 9 heteroatoms. The maximum Gasteiger partial charge on any atom is 0.251 e. The van der Waals surface area contributed by atoms with E-state index in [1.807, 2.05) is 36.4 Å². The molecule has 1 atom stereocenters. The van der Waals surface area contributed by atoms with E-state index in [9.17, 15) is 13.2 Å². The van der Waals surface area contributed by atoms with E-state index in [1.54, 1.807) is 18.3 Å². The van der Waals surface area contributed by atoms with Crippen LogP contribution < -0.4 is 19.5 Å². The van der Waals surface area contributed by atoms with Crippen LogP contribution in [0.15, 0.2) is 71.8 Å². The molecule has 4 rings (SSSR count). The van der Waals surface area contributed by atoms with Gasteiger partial charge in [0.2, 0.25) is 10.0 Å². The highest BCUT2D eigenvalue weighted by atomic mass is 32.2. The van der Waals surface area contributed by atoms with Gasteiger partial charge >= 0.3 is 0 Å². The summed E-state index contributed by atoms with van der Waals surface area (Å²) in [5.74, 6) is 0.529. The minimum atomic E-state index is -3.91. The minimum absolute atomic E-state index is 0.0916. The number of ether oxygens (including phenoxy) is 2. The lowest BCUT2D eigenvalue weighted by atomic mass is 10.00. The van der Waals surface area contributed by atoms with Gasteiger partial charge in [0.25, 0.3) is 5.91 Å². The van der Waals surface area contributed by atoms with Gasteiger partial charge in [-0.2, -0.15) is 0 Å². The smallest absolute Gasteiger partial charge is 0.251 e. The Morgan fingerprint density at radius 1 is 1.15 bits per heavy atom. The number of nitrogens with zero attached hydrogens (tertiary/aromatic N) is 1. The van der Waals surface area contributed by atoms with Crippen LogP contribution in [0.3, 0.4) is 0 Å². The minimum Gasteiger partial charge on any atom is -0.495 e. The Bertz CT molecular complexity index is 1230. The molecule has 0 aliphatic carbocycles. The number of para-hydroxylation sites is 1. The number of sulfonamides is 1. The van der Waals surface area contributed by atoms with Gasteiger partial charge in [-0.25, -0.2) is 13.1 Å². The molecule has 2 heterocycles. The van der Waals surface area contributed by atoms with Crippen LogP contribution in [0, 0.1) is 0 Å². The lowest BCUT2D eigenvalue weighted by Crippen LogP contribution is -2.32. The molecule has 2 aromatic carbocycles. The molecule has 1 aliphatic rings. The summed E-state index contributed by atoms with van der Waals surface area (Å²) in [7, 11) is -2.52. The number of hydrogen-bond acceptors (Lipinski definition) is 6. The van der Waals surface area contributed by atoms with Crippen molar-refractivity contribution < 1.29 is 22.7 Å². The van der Waals surface area contributed by atoms with Gasteiger partial charge in [0.15, 0.2) is 0 Å². The first-order valence-electron chi connectivity index (χ1n) is 10.6. The van der Waals surface area contributed by atoms with Crippen molar-refractivity contribution in [1.82, 2.24) is 15.0 Å². The van der Waals surface area contributed by atoms with Crippen molar-refractivity contribution in [2.24, 2.45) is 0 Å². The first kappa shape index (κ1) is 22.8. The number of amides is 1. The van der Waals surface area contributed by atoms with E-state index < -0.39 is 10.0 Å². The number of aromatic nitrogens is 1. The van der Waals surface area contributed by atoms with Gasteiger partial charge in [0.1, 0.15) is 16.4 Å². The number of fused-ring (bicyclic) bond motifs is 1. The summed E-state index contributed by atoms with van der Waals surface area (Å²) in [5.41, 5.74) is 1.90. The molecule has 0 saturated heterocycles. The van der Waals surface area contributed by atoms with Gasteiger partial charge < -0.3 is 14.8 Å². The Labute approximate surface area is 193 Å². The number of rotatable bonds is 8. The number of benzene rings is 2. The quantitative estimate of drug-likeness (QED) is 0.528. The number of hydrogen-bond donors (Lipinski definition) is 2. The topological polar surface area (TPSA) is 107 Å². The number of nitrogens with one attached hydrogen (secondary N) is 2. The molecule has 33 heavy (non-hydrogen) atoms. The van der Waals surface area contributed by atoms with Crippen molar-refractivity contribution in [3.8, 4) is 11.5 Å². The molecule has 0 fully saturated rings. The Balaban J connectivity index is 1.51. The summed E-state index contributed by atoms with van der Waals surface area (Å²) in [5, 5.41) is 2.99. The Kier molecular flexibility index (Phi) is 6.90. The van der Waals surface area contributed by atoms with E-state index in [1.165, 1.54) is 19.2 Å². The molecule has 0 bridgehead atoms. The van der Waals surface area contributed by atoms with Gasteiger partial charge in [0.05, 0.1) is 19.8 Å². The summed E-state index contributed by atoms with van der Waals surface area (Å²) in [6.07, 6.45) is 2.72. The lowest BCUT2D eigenvalue weighted by molar-refractivity contribution is 0.0924. The molecule has 0 radical (unpaired) electrons. The fraction of sp³-hybridized carbons (Fsp3) is 0.250. The third kappa shape index (κ3) is 5.32. The fourth-order valence-electron chi connectivity index (χ4n) is 3.70. The van der Waals surface area contributed by atoms with Crippen molar-refractivity contribution in [1.29, 1.82) is 0 Å². The van der Waals surface area contributed by atoms with E-state index in [-0.39, 0.29) is 34.7 Å². The Hall–Kier alpha value is -3.43. The summed E-state index contributed by atoms with van der Waals surface area (Å²) in [4.78, 5) is 17.1. The molecule has 172 valence electrons. The Morgan fingerprint density at radius 3 is 2.76 bits per heavy atom. The maximum absolute atomic E-state index is 13.0. The summed E-state index contributed by atoms with van der Waals surface area (Å²) in [6, 6.07) is 17.2. The number of pyridine rings is 1. The second kappa shape index (κ2) is 10.0. The van der Waals surface area contributed by atoms with Crippen LogP contribution in [-0.2, 0) is 16.4 Å². The molecule has 1 aliphatic heterocycles. The highest BCUT2D eigenvalue weighted by Crippen LogP contribution is 2.32. The SMILES string of the molecule is COc1ccc(C(=O)NC2CCOc3ccccc32)cc1S(=O)(=O)NCCc1ccccn1. The van der Waals surface area contributed by atoms with Gasteiger partial charge in [-0.1, -0.05) is 24.3 Å². The van der Waals surface area contributed by atoms with Crippen molar-refractivity contribution in [2.75, 3.05) is 20.3 Å². The second-order valence-corrected chi connectivity index (χ2v) is 9.27. The molecule has 0 saturated carbocycles. The maximum atomic E-state index is 13.0. The van der Waals surface area contributed by atoms with Crippen LogP contribution in [0.4, 0.5) is 0 Å². The molecule has 3 aromatic rings. The highest BCUT2D eigenvalue weighted by molar-refractivity contribution is 7.89. The van der Waals surface area contributed by atoms with Crippen LogP contribution in [-0.4, -0.2) is 39.6 Å². The third-order valence-electron chi connectivity index (χ3n) is 5.38. The molecule has 1 unspecified atom stereocenters. The standard InChI is InChI=1S/C24H25N3O5S/c1-31-22-10-9-17(24(28)27-20-12-15-32-21-8-3-2-7-19(20)21)16-23(22)33(29,30)26-14-11-18-6-4-5-13-25-18/h2-10,13,16,20,26H,11-12,14-15H2,1H3,(H,27,28). The third-order valence-corrected chi connectivity index (χ3v) is 6.86. The highest BCUT2D eigenvalue weighted by Gasteiger charge is 2.25. The number of methoxy groups -OCH3 is 1. The van der Waals surface area contributed by atoms with E-state index in [4.69, 9.17) is 9.47 Å². The molecule has 2 N–H and O–H groups in total. The zero-order valence-corrected chi connectivity index (χ0v) is 19.0. The largest absolute Gasteiger partial charge is 0.495 e. The molecule has 8 nitrogen and oxygen atoms in total. The zero-order valence-electron chi connectivity index (χ0n) is 18.2. The predicted octanol–water partition coefficient (Wildman–Crippen LogP) is 2.86. The lowest BCUT2D eigenvalue weighted by Gasteiger charge is -2.26. The van der Waals surface area contributed by atoms with Crippen LogP contribution >= 0.6 is 0 Å². The van der Waals surface area contributed by atoms with Gasteiger partial charge in [0, 0.05) is 42.4 Å². The van der Waals surface area contributed by atoms with E-state index >= 15 is 0 Å². The molecular formula is C24H25N3O5S. The van der Waals surface area contributed by atoms with Crippen molar-refractivity contribution >= 4 is 15.9 Å². The first-order chi connectivity index (χ1) is 16.0. The van der Waals surface area contributed by atoms with Crippen molar-refractivity contribution in [3.63, 3.8) is 0 Å². The predicted molar refractivity (Wildman–Crippen MR) is 123 cm³/mol. The molecular weight excluding hydrogens is 442 g/mol. The first-order valence-corrected chi connectivity index (χ1v) is 12.1. The van der Waals surface area contributed by atoms with E-state index in [0.29, 0.717) is 19.4 Å². The van der Waals surface area contributed by atoms with Crippen LogP contribution in [0.2, 0.25) is 0 Å². The normalized spacial score (nSPS) is 15.2. The zero-order chi connectivity index (χ0) is 23.3. The van der Waals surface area contributed by atoms with Crippen LogP contribution in [0.25, 0.3) is 0 Å². The summed E-state index contributed by atoms with van der Waals surface area (Å²) >= 11 is 0. The molecule has 1 amide bonds. The number of carbonyl (C=O) groups excluding carboxylic acids is 1. The average molecular weight is 468 g/mol. The molecule has 1 aromatic heterocycles. The van der Waals surface area contributed by atoms with Crippen molar-refractivity contribution in [2.45, 2.75) is 23.8 Å². The fourth-order valence-corrected chi connectivity index (χ4v) is 4.92. The van der Waals surface area contributed by atoms with E-state index in [2.05, 4.69) is 15.0 Å². The van der Waals surface area contributed by atoms with E-state index in [0.717, 1.165) is 17.0 Å². The number of carbonyl (C=O) groups is 1. The van der Waals surface area contributed by atoms with Gasteiger partial charge in [-0.15, -0.1) is 0 Å². The Morgan fingerprint density at radius 2 is 1.97 bits per heavy atom. The molecule has 0 spiro atoms.